The molecule has 0 aromatic heterocycles. The van der Waals surface area contributed by atoms with Gasteiger partial charge in [0, 0.05) is 6.92 Å². The van der Waals surface area contributed by atoms with Crippen LogP contribution in [0.25, 0.3) is 0 Å². The van der Waals surface area contributed by atoms with Crippen molar-refractivity contribution in [1.29, 1.82) is 0 Å². The van der Waals surface area contributed by atoms with Crippen molar-refractivity contribution in [3.63, 3.8) is 0 Å². The van der Waals surface area contributed by atoms with Gasteiger partial charge in [0.15, 0.2) is 18.5 Å². The van der Waals surface area contributed by atoms with Gasteiger partial charge < -0.3 is 23.7 Å². The number of rotatable bonds is 9. The second-order valence-corrected chi connectivity index (χ2v) is 8.55. The van der Waals surface area contributed by atoms with E-state index in [0.717, 1.165) is 5.56 Å². The second kappa shape index (κ2) is 12.3. The maximum Gasteiger partial charge on any atom is 0.338 e. The van der Waals surface area contributed by atoms with Gasteiger partial charge in [-0.25, -0.2) is 9.59 Å². The van der Waals surface area contributed by atoms with E-state index in [4.69, 9.17) is 23.7 Å². The molecule has 1 aliphatic rings. The number of esters is 3. The summed E-state index contributed by atoms with van der Waals surface area (Å²) in [4.78, 5) is 37.7. The van der Waals surface area contributed by atoms with E-state index >= 15 is 0 Å². The van der Waals surface area contributed by atoms with Crippen LogP contribution >= 0.6 is 0 Å². The Balaban J connectivity index is 1.58. The van der Waals surface area contributed by atoms with Gasteiger partial charge in [-0.3, -0.25) is 4.79 Å². The summed E-state index contributed by atoms with van der Waals surface area (Å²) in [6, 6.07) is 26.3. The largest absolute Gasteiger partial charge is 0.456 e. The predicted octanol–water partition coefficient (Wildman–Crippen LogP) is 4.33. The summed E-state index contributed by atoms with van der Waals surface area (Å²) in [6.07, 6.45) is -5.09. The number of carbonyl (C=O) groups excluding carboxylic acids is 3. The van der Waals surface area contributed by atoms with Crippen LogP contribution in [0.1, 0.15) is 40.1 Å². The Morgan fingerprint density at radius 2 is 1.30 bits per heavy atom. The van der Waals surface area contributed by atoms with E-state index in [9.17, 15) is 14.4 Å². The fraction of sp³-hybridized carbons (Fsp3) is 0.276. The lowest BCUT2D eigenvalue weighted by atomic mass is 10.1. The van der Waals surface area contributed by atoms with E-state index in [1.807, 2.05) is 30.3 Å². The number of carbonyl (C=O) groups is 3. The Hall–Kier alpha value is -4.01. The topological polar surface area (TPSA) is 97.4 Å². The van der Waals surface area contributed by atoms with Crippen LogP contribution in [0.2, 0.25) is 0 Å². The standard InChI is InChI=1S/C29H28O8/c1-19(34-27(31)22-14-8-4-9-15-22)24-25(36-28(32)23-16-10-5-11-17-23)26(35-20(2)30)29(37-24)33-18-21-12-6-3-7-13-21/h3-17,19,24-26,29H,18H2,1-2H3/t19-,24-,25+,26-,29-/m1/s1. The van der Waals surface area contributed by atoms with Crippen molar-refractivity contribution < 1.29 is 38.1 Å². The van der Waals surface area contributed by atoms with Crippen molar-refractivity contribution in [2.45, 2.75) is 51.2 Å². The Bertz CT molecular complexity index is 1180. The van der Waals surface area contributed by atoms with Gasteiger partial charge in [-0.15, -0.1) is 0 Å². The van der Waals surface area contributed by atoms with E-state index < -0.39 is 48.6 Å². The summed E-state index contributed by atoms with van der Waals surface area (Å²) in [5.41, 5.74) is 1.54. The van der Waals surface area contributed by atoms with Gasteiger partial charge >= 0.3 is 17.9 Å². The molecule has 1 saturated heterocycles. The zero-order valence-corrected chi connectivity index (χ0v) is 20.5. The maximum absolute atomic E-state index is 13.0. The fourth-order valence-electron chi connectivity index (χ4n) is 4.01. The van der Waals surface area contributed by atoms with Gasteiger partial charge in [-0.2, -0.15) is 0 Å². The summed E-state index contributed by atoms with van der Waals surface area (Å²) < 4.78 is 29.0. The third-order valence-corrected chi connectivity index (χ3v) is 5.78. The van der Waals surface area contributed by atoms with Crippen molar-refractivity contribution in [2.75, 3.05) is 0 Å². The second-order valence-electron chi connectivity index (χ2n) is 8.55. The number of hydrogen-bond donors (Lipinski definition) is 0. The van der Waals surface area contributed by atoms with Crippen LogP contribution in [0.3, 0.4) is 0 Å². The van der Waals surface area contributed by atoms with E-state index in [1.54, 1.807) is 67.6 Å². The molecule has 0 aliphatic carbocycles. The first-order chi connectivity index (χ1) is 17.9. The first-order valence-electron chi connectivity index (χ1n) is 11.9. The SMILES string of the molecule is CC(=O)O[C@H]1[C@H](OCc2ccccc2)O[C@H]([C@@H](C)OC(=O)c2ccccc2)[C@@H]1OC(=O)c1ccccc1. The van der Waals surface area contributed by atoms with Crippen LogP contribution in [-0.4, -0.2) is 48.6 Å². The lowest BCUT2D eigenvalue weighted by Crippen LogP contribution is -2.44. The summed E-state index contributed by atoms with van der Waals surface area (Å²) in [5, 5.41) is 0. The summed E-state index contributed by atoms with van der Waals surface area (Å²) in [5.74, 6) is -1.80. The summed E-state index contributed by atoms with van der Waals surface area (Å²) in [7, 11) is 0. The molecule has 0 radical (unpaired) electrons. The summed E-state index contributed by atoms with van der Waals surface area (Å²) >= 11 is 0. The third kappa shape index (κ3) is 6.81. The molecular weight excluding hydrogens is 476 g/mol. The highest BCUT2D eigenvalue weighted by Gasteiger charge is 2.53. The van der Waals surface area contributed by atoms with Gasteiger partial charge in [0.25, 0.3) is 0 Å². The highest BCUT2D eigenvalue weighted by Crippen LogP contribution is 2.32. The van der Waals surface area contributed by atoms with Crippen LogP contribution in [-0.2, 0) is 35.1 Å². The average molecular weight is 505 g/mol. The molecule has 8 nitrogen and oxygen atoms in total. The van der Waals surface area contributed by atoms with Gasteiger partial charge in [0.1, 0.15) is 12.2 Å². The molecule has 0 bridgehead atoms. The molecule has 8 heteroatoms. The molecule has 3 aromatic rings. The Morgan fingerprint density at radius 3 is 1.86 bits per heavy atom. The number of benzene rings is 3. The van der Waals surface area contributed by atoms with Crippen LogP contribution in [0, 0.1) is 0 Å². The highest BCUT2D eigenvalue weighted by atomic mass is 16.7. The van der Waals surface area contributed by atoms with Crippen molar-refractivity contribution in [1.82, 2.24) is 0 Å². The van der Waals surface area contributed by atoms with Crippen molar-refractivity contribution in [3.8, 4) is 0 Å². The zero-order valence-electron chi connectivity index (χ0n) is 20.5. The van der Waals surface area contributed by atoms with Gasteiger partial charge in [-0.05, 0) is 36.8 Å². The van der Waals surface area contributed by atoms with E-state index in [-0.39, 0.29) is 6.61 Å². The molecule has 5 atom stereocenters. The van der Waals surface area contributed by atoms with E-state index in [0.29, 0.717) is 11.1 Å². The minimum atomic E-state index is -1.10. The normalized spacial score (nSPS) is 21.6. The Labute approximate surface area is 215 Å². The quantitative estimate of drug-likeness (QED) is 0.314. The van der Waals surface area contributed by atoms with Crippen LogP contribution < -0.4 is 0 Å². The summed E-state index contributed by atoms with van der Waals surface area (Å²) in [6.45, 7) is 3.03. The van der Waals surface area contributed by atoms with Crippen LogP contribution in [0.4, 0.5) is 0 Å². The average Bonchev–Trinajstić information content (AvgIpc) is 3.25. The lowest BCUT2D eigenvalue weighted by molar-refractivity contribution is -0.195. The van der Waals surface area contributed by atoms with Crippen LogP contribution in [0.15, 0.2) is 91.0 Å². The molecule has 0 saturated carbocycles. The van der Waals surface area contributed by atoms with Crippen molar-refractivity contribution >= 4 is 17.9 Å². The molecule has 192 valence electrons. The number of ether oxygens (including phenoxy) is 5. The first-order valence-corrected chi connectivity index (χ1v) is 11.9. The van der Waals surface area contributed by atoms with Gasteiger partial charge in [0.2, 0.25) is 0 Å². The highest BCUT2D eigenvalue weighted by molar-refractivity contribution is 5.90. The molecule has 0 N–H and O–H groups in total. The molecule has 1 aliphatic heterocycles. The molecule has 4 rings (SSSR count). The van der Waals surface area contributed by atoms with Gasteiger partial charge in [-0.1, -0.05) is 66.7 Å². The van der Waals surface area contributed by atoms with Gasteiger partial charge in [0.05, 0.1) is 17.7 Å². The van der Waals surface area contributed by atoms with E-state index in [2.05, 4.69) is 0 Å². The molecular formula is C29H28O8. The minimum Gasteiger partial charge on any atom is -0.456 e. The number of hydrogen-bond acceptors (Lipinski definition) is 8. The molecule has 0 amide bonds. The van der Waals surface area contributed by atoms with Crippen molar-refractivity contribution in [3.05, 3.63) is 108 Å². The molecule has 3 aromatic carbocycles. The Morgan fingerprint density at radius 1 is 0.757 bits per heavy atom. The molecule has 37 heavy (non-hydrogen) atoms. The van der Waals surface area contributed by atoms with E-state index in [1.165, 1.54) is 6.92 Å². The molecule has 1 heterocycles. The molecule has 0 spiro atoms. The van der Waals surface area contributed by atoms with Crippen LogP contribution in [0.5, 0.6) is 0 Å². The first kappa shape index (κ1) is 26.1. The monoisotopic (exact) mass is 504 g/mol. The lowest BCUT2D eigenvalue weighted by Gasteiger charge is -2.26. The minimum absolute atomic E-state index is 0.160. The van der Waals surface area contributed by atoms with Crippen molar-refractivity contribution in [2.24, 2.45) is 0 Å². The zero-order chi connectivity index (χ0) is 26.2. The Kier molecular flexibility index (Phi) is 8.66. The molecule has 1 fully saturated rings. The third-order valence-electron chi connectivity index (χ3n) is 5.78. The maximum atomic E-state index is 13.0. The predicted molar refractivity (Wildman–Crippen MR) is 132 cm³/mol. The molecule has 0 unspecified atom stereocenters. The fourth-order valence-corrected chi connectivity index (χ4v) is 4.01. The smallest absolute Gasteiger partial charge is 0.338 e.